The second kappa shape index (κ2) is 9.44. The number of aromatic nitrogens is 3. The van der Waals surface area contributed by atoms with E-state index in [0.717, 1.165) is 70.2 Å². The SMILES string of the molecule is C/C(=C\N(C)C)Oc1cc(N2CCN(C)CC2)cc2ncnc(Nc3ccc4ncsc4c3)c12. The molecule has 0 saturated carbocycles. The van der Waals surface area contributed by atoms with Crippen LogP contribution in [0.4, 0.5) is 17.2 Å². The van der Waals surface area contributed by atoms with Crippen LogP contribution in [-0.2, 0) is 0 Å². The molecule has 4 aromatic rings. The van der Waals surface area contributed by atoms with Gasteiger partial charge in [0.1, 0.15) is 23.7 Å². The second-order valence-corrected chi connectivity index (χ2v) is 9.70. The van der Waals surface area contributed by atoms with E-state index in [4.69, 9.17) is 4.74 Å². The van der Waals surface area contributed by atoms with Crippen molar-refractivity contribution in [2.24, 2.45) is 0 Å². The van der Waals surface area contributed by atoms with Gasteiger partial charge in [0.05, 0.1) is 26.6 Å². The summed E-state index contributed by atoms with van der Waals surface area (Å²) in [7, 11) is 6.13. The Morgan fingerprint density at radius 2 is 1.88 bits per heavy atom. The lowest BCUT2D eigenvalue weighted by molar-refractivity contribution is 0.312. The van der Waals surface area contributed by atoms with E-state index in [0.29, 0.717) is 5.82 Å². The Morgan fingerprint density at radius 1 is 1.06 bits per heavy atom. The highest BCUT2D eigenvalue weighted by Gasteiger charge is 2.19. The molecule has 176 valence electrons. The van der Waals surface area contributed by atoms with Crippen molar-refractivity contribution in [2.45, 2.75) is 6.92 Å². The van der Waals surface area contributed by atoms with Crippen molar-refractivity contribution in [1.29, 1.82) is 0 Å². The van der Waals surface area contributed by atoms with Gasteiger partial charge < -0.3 is 24.8 Å². The molecule has 1 saturated heterocycles. The molecule has 34 heavy (non-hydrogen) atoms. The van der Waals surface area contributed by atoms with Crippen LogP contribution in [0.5, 0.6) is 5.75 Å². The van der Waals surface area contributed by atoms with Gasteiger partial charge in [0.2, 0.25) is 0 Å². The highest BCUT2D eigenvalue weighted by molar-refractivity contribution is 7.16. The molecular formula is C25H29N7OS. The number of anilines is 3. The Balaban J connectivity index is 1.58. The molecule has 0 radical (unpaired) electrons. The third kappa shape index (κ3) is 4.76. The number of thiazole rings is 1. The molecule has 0 amide bonds. The zero-order valence-electron chi connectivity index (χ0n) is 19.9. The lowest BCUT2D eigenvalue weighted by atomic mass is 10.1. The van der Waals surface area contributed by atoms with Crippen LogP contribution in [0, 0.1) is 0 Å². The quantitative estimate of drug-likeness (QED) is 0.408. The molecular weight excluding hydrogens is 446 g/mol. The number of hydrogen-bond acceptors (Lipinski definition) is 9. The van der Waals surface area contributed by atoms with Crippen LogP contribution in [0.3, 0.4) is 0 Å². The Bertz CT molecular complexity index is 1340. The number of piperazine rings is 1. The van der Waals surface area contributed by atoms with Crippen LogP contribution in [0.25, 0.3) is 21.1 Å². The number of likely N-dealkylation sites (N-methyl/N-ethyl adjacent to an activating group) is 1. The molecule has 5 rings (SSSR count). The molecule has 1 fully saturated rings. The number of rotatable bonds is 6. The highest BCUT2D eigenvalue weighted by Crippen LogP contribution is 2.37. The fourth-order valence-electron chi connectivity index (χ4n) is 4.20. The first-order chi connectivity index (χ1) is 16.5. The van der Waals surface area contributed by atoms with Gasteiger partial charge in [-0.15, -0.1) is 11.3 Å². The van der Waals surface area contributed by atoms with E-state index < -0.39 is 0 Å². The smallest absolute Gasteiger partial charge is 0.145 e. The van der Waals surface area contributed by atoms with Gasteiger partial charge >= 0.3 is 0 Å². The van der Waals surface area contributed by atoms with Crippen molar-refractivity contribution < 1.29 is 4.74 Å². The van der Waals surface area contributed by atoms with Crippen molar-refractivity contribution in [3.8, 4) is 5.75 Å². The lowest BCUT2D eigenvalue weighted by Crippen LogP contribution is -2.44. The number of allylic oxidation sites excluding steroid dienone is 1. The molecule has 1 aliphatic heterocycles. The maximum absolute atomic E-state index is 6.38. The van der Waals surface area contributed by atoms with Gasteiger partial charge in [-0.25, -0.2) is 15.0 Å². The van der Waals surface area contributed by atoms with Gasteiger partial charge in [-0.05, 0) is 38.2 Å². The normalized spacial score (nSPS) is 15.2. The Labute approximate surface area is 203 Å². The summed E-state index contributed by atoms with van der Waals surface area (Å²) >= 11 is 1.62. The van der Waals surface area contributed by atoms with Crippen LogP contribution in [-0.4, -0.2) is 72.1 Å². The summed E-state index contributed by atoms with van der Waals surface area (Å²) in [6.07, 6.45) is 3.57. The highest BCUT2D eigenvalue weighted by atomic mass is 32.1. The van der Waals surface area contributed by atoms with Crippen molar-refractivity contribution in [3.63, 3.8) is 0 Å². The molecule has 0 spiro atoms. The minimum atomic E-state index is 0.714. The van der Waals surface area contributed by atoms with Crippen LogP contribution < -0.4 is 15.0 Å². The first-order valence-corrected chi connectivity index (χ1v) is 12.2. The molecule has 0 aliphatic carbocycles. The number of hydrogen-bond donors (Lipinski definition) is 1. The minimum absolute atomic E-state index is 0.714. The summed E-state index contributed by atoms with van der Waals surface area (Å²) in [6.45, 7) is 5.97. The summed E-state index contributed by atoms with van der Waals surface area (Å²) < 4.78 is 7.51. The average Bonchev–Trinajstić information content (AvgIpc) is 3.27. The van der Waals surface area contributed by atoms with Gasteiger partial charge in [0.25, 0.3) is 0 Å². The van der Waals surface area contributed by atoms with Gasteiger partial charge in [-0.2, -0.15) is 0 Å². The molecule has 1 aliphatic rings. The molecule has 3 heterocycles. The first kappa shape index (κ1) is 22.4. The second-order valence-electron chi connectivity index (χ2n) is 8.82. The third-order valence-electron chi connectivity index (χ3n) is 5.86. The molecule has 0 atom stereocenters. The number of benzene rings is 2. The number of nitrogens with one attached hydrogen (secondary N) is 1. The Hall–Kier alpha value is -3.43. The zero-order valence-corrected chi connectivity index (χ0v) is 20.8. The van der Waals surface area contributed by atoms with Gasteiger partial charge in [-0.3, -0.25) is 0 Å². The summed E-state index contributed by atoms with van der Waals surface area (Å²) in [5.74, 6) is 2.25. The van der Waals surface area contributed by atoms with Gasteiger partial charge in [0.15, 0.2) is 0 Å². The first-order valence-electron chi connectivity index (χ1n) is 11.3. The van der Waals surface area contributed by atoms with Crippen LogP contribution in [0.2, 0.25) is 0 Å². The van der Waals surface area contributed by atoms with Crippen molar-refractivity contribution in [2.75, 3.05) is 57.5 Å². The van der Waals surface area contributed by atoms with E-state index in [2.05, 4.69) is 55.3 Å². The Morgan fingerprint density at radius 3 is 2.68 bits per heavy atom. The van der Waals surface area contributed by atoms with Gasteiger partial charge in [0, 0.05) is 63.9 Å². The molecule has 0 unspecified atom stereocenters. The van der Waals surface area contributed by atoms with Crippen LogP contribution >= 0.6 is 11.3 Å². The monoisotopic (exact) mass is 475 g/mol. The predicted octanol–water partition coefficient (Wildman–Crippen LogP) is 4.54. The van der Waals surface area contributed by atoms with Crippen LogP contribution in [0.1, 0.15) is 6.92 Å². The minimum Gasteiger partial charge on any atom is -0.460 e. The fourth-order valence-corrected chi connectivity index (χ4v) is 4.91. The van der Waals surface area contributed by atoms with E-state index in [1.54, 1.807) is 17.7 Å². The third-order valence-corrected chi connectivity index (χ3v) is 6.65. The zero-order chi connectivity index (χ0) is 23.7. The van der Waals surface area contributed by atoms with E-state index >= 15 is 0 Å². The van der Waals surface area contributed by atoms with E-state index in [-0.39, 0.29) is 0 Å². The molecule has 2 aromatic carbocycles. The lowest BCUT2D eigenvalue weighted by Gasteiger charge is -2.34. The predicted molar refractivity (Wildman–Crippen MR) is 140 cm³/mol. The summed E-state index contributed by atoms with van der Waals surface area (Å²) in [5.41, 5.74) is 5.77. The topological polar surface area (TPSA) is 69.7 Å². The molecule has 0 bridgehead atoms. The largest absolute Gasteiger partial charge is 0.460 e. The summed E-state index contributed by atoms with van der Waals surface area (Å²) in [5, 5.41) is 4.34. The number of fused-ring (bicyclic) bond motifs is 2. The number of nitrogens with zero attached hydrogens (tertiary/aromatic N) is 6. The van der Waals surface area contributed by atoms with E-state index in [9.17, 15) is 0 Å². The van der Waals surface area contributed by atoms with Gasteiger partial charge in [-0.1, -0.05) is 0 Å². The molecule has 2 aromatic heterocycles. The molecule has 9 heteroatoms. The maximum Gasteiger partial charge on any atom is 0.145 e. The summed E-state index contributed by atoms with van der Waals surface area (Å²) in [4.78, 5) is 20.3. The van der Waals surface area contributed by atoms with Crippen molar-refractivity contribution in [1.82, 2.24) is 24.8 Å². The van der Waals surface area contributed by atoms with Crippen LogP contribution in [0.15, 0.2) is 54.1 Å². The molecule has 8 nitrogen and oxygen atoms in total. The standard InChI is InChI=1S/C25H29N7OS/c1-17(14-30(2)3)33-22-13-19(32-9-7-31(4)8-10-32)12-21-24(22)25(27-15-26-21)29-18-5-6-20-23(11-18)34-16-28-20/h5-6,11-16H,7-10H2,1-4H3,(H,26,27,29)/b17-14+. The molecule has 1 N–H and O–H groups in total. The average molecular weight is 476 g/mol. The van der Waals surface area contributed by atoms with E-state index in [1.165, 1.54) is 0 Å². The van der Waals surface area contributed by atoms with E-state index in [1.807, 2.05) is 49.8 Å². The van der Waals surface area contributed by atoms with Crippen molar-refractivity contribution >= 4 is 49.6 Å². The fraction of sp³-hybridized carbons (Fsp3) is 0.320. The number of ether oxygens (including phenoxy) is 1. The summed E-state index contributed by atoms with van der Waals surface area (Å²) in [6, 6.07) is 10.4. The van der Waals surface area contributed by atoms with Crippen molar-refractivity contribution in [3.05, 3.63) is 54.1 Å². The maximum atomic E-state index is 6.38. The Kier molecular flexibility index (Phi) is 6.21.